The van der Waals surface area contributed by atoms with E-state index in [0.717, 1.165) is 5.56 Å². The van der Waals surface area contributed by atoms with Gasteiger partial charge in [0.1, 0.15) is 10.8 Å². The molecular weight excluding hydrogens is 211 g/mol. The van der Waals surface area contributed by atoms with E-state index in [1.165, 1.54) is 12.2 Å². The molecule has 0 aromatic heterocycles. The fraction of sp³-hybridized carbons (Fsp3) is 0.167. The minimum Gasteiger partial charge on any atom is -0.247 e. The van der Waals surface area contributed by atoms with Crippen molar-refractivity contribution in [1.29, 1.82) is 0 Å². The zero-order valence-electron chi connectivity index (χ0n) is 8.74. The molecule has 0 N–H and O–H groups in total. The Bertz CT molecular complexity index is 404. The van der Waals surface area contributed by atoms with E-state index in [-0.39, 0.29) is 0 Å². The summed E-state index contributed by atoms with van der Waals surface area (Å²) >= 11 is 0. The van der Waals surface area contributed by atoms with Gasteiger partial charge in [-0.15, -0.1) is 0 Å². The van der Waals surface area contributed by atoms with E-state index >= 15 is 0 Å². The van der Waals surface area contributed by atoms with E-state index < -0.39 is 16.0 Å². The van der Waals surface area contributed by atoms with Gasteiger partial charge < -0.3 is 0 Å². The van der Waals surface area contributed by atoms with Gasteiger partial charge in [0.05, 0.1) is 0 Å². The van der Waals surface area contributed by atoms with Crippen molar-refractivity contribution in [3.8, 4) is 0 Å². The van der Waals surface area contributed by atoms with E-state index in [1.54, 1.807) is 25.1 Å². The molecule has 1 unspecified atom stereocenters. The van der Waals surface area contributed by atoms with Crippen LogP contribution in [0.15, 0.2) is 52.5 Å². The summed E-state index contributed by atoms with van der Waals surface area (Å²) < 4.78 is 24.9. The Morgan fingerprint density at radius 3 is 2.47 bits per heavy atom. The zero-order valence-corrected chi connectivity index (χ0v) is 9.55. The molecule has 0 aliphatic rings. The summed E-state index contributed by atoms with van der Waals surface area (Å²) in [4.78, 5) is 0.485. The summed E-state index contributed by atoms with van der Waals surface area (Å²) in [5.74, 6) is 0. The average Bonchev–Trinajstić information content (AvgIpc) is 2.26. The molecule has 0 aliphatic carbocycles. The number of aryl methyl sites for hydroxylation is 1. The first-order valence-electron chi connectivity index (χ1n) is 4.62. The van der Waals surface area contributed by atoms with Gasteiger partial charge in [0.25, 0.3) is 0 Å². The van der Waals surface area contributed by atoms with Gasteiger partial charge in [0, 0.05) is 4.90 Å². The van der Waals surface area contributed by atoms with Crippen LogP contribution in [-0.2, 0) is 10.8 Å². The van der Waals surface area contributed by atoms with Gasteiger partial charge in [-0.2, -0.15) is 4.39 Å². The summed E-state index contributed by atoms with van der Waals surface area (Å²) in [6.07, 6.45) is 4.43. The van der Waals surface area contributed by atoms with Crippen molar-refractivity contribution in [2.75, 3.05) is 0 Å². The Balaban J connectivity index is 2.90. The maximum atomic E-state index is 13.3. The molecule has 0 spiro atoms. The van der Waals surface area contributed by atoms with Crippen molar-refractivity contribution in [2.24, 2.45) is 0 Å². The highest BCUT2D eigenvalue weighted by atomic mass is 32.2. The Morgan fingerprint density at radius 1 is 1.33 bits per heavy atom. The van der Waals surface area contributed by atoms with Crippen molar-refractivity contribution < 1.29 is 8.60 Å². The third kappa shape index (κ3) is 3.44. The van der Waals surface area contributed by atoms with Gasteiger partial charge in [-0.25, -0.2) is 4.21 Å². The van der Waals surface area contributed by atoms with Crippen LogP contribution in [-0.4, -0.2) is 4.21 Å². The number of allylic oxidation sites excluding steroid dienone is 3. The predicted octanol–water partition coefficient (Wildman–Crippen LogP) is 3.49. The fourth-order valence-electron chi connectivity index (χ4n) is 1.01. The topological polar surface area (TPSA) is 17.1 Å². The SMILES string of the molecule is C/C=C/C=C(/F)S(=O)c1ccc(C)cc1. The molecule has 80 valence electrons. The van der Waals surface area contributed by atoms with E-state index in [2.05, 4.69) is 0 Å². The van der Waals surface area contributed by atoms with Gasteiger partial charge in [-0.1, -0.05) is 29.8 Å². The third-order valence-electron chi connectivity index (χ3n) is 1.83. The zero-order chi connectivity index (χ0) is 11.3. The molecule has 0 saturated heterocycles. The Hall–Kier alpha value is -1.22. The maximum Gasteiger partial charge on any atom is 0.191 e. The Kier molecular flexibility index (Phi) is 4.43. The van der Waals surface area contributed by atoms with E-state index in [9.17, 15) is 8.60 Å². The molecule has 0 saturated carbocycles. The number of halogens is 1. The molecule has 1 nitrogen and oxygen atoms in total. The molecule has 1 atom stereocenters. The van der Waals surface area contributed by atoms with Crippen LogP contribution in [0.1, 0.15) is 12.5 Å². The van der Waals surface area contributed by atoms with E-state index in [1.807, 2.05) is 19.1 Å². The lowest BCUT2D eigenvalue weighted by molar-refractivity contribution is 0.650. The minimum absolute atomic E-state index is 0.485. The highest BCUT2D eigenvalue weighted by Gasteiger charge is 2.08. The number of hydrogen-bond acceptors (Lipinski definition) is 1. The maximum absolute atomic E-state index is 13.3. The van der Waals surface area contributed by atoms with Gasteiger partial charge in [0.2, 0.25) is 0 Å². The Morgan fingerprint density at radius 2 is 1.93 bits per heavy atom. The summed E-state index contributed by atoms with van der Waals surface area (Å²) in [6, 6.07) is 6.98. The van der Waals surface area contributed by atoms with Crippen molar-refractivity contribution in [2.45, 2.75) is 18.7 Å². The Labute approximate surface area is 91.8 Å². The average molecular weight is 224 g/mol. The first-order valence-corrected chi connectivity index (χ1v) is 5.77. The van der Waals surface area contributed by atoms with Gasteiger partial charge in [0.15, 0.2) is 5.16 Å². The normalized spacial score (nSPS) is 14.5. The van der Waals surface area contributed by atoms with Gasteiger partial charge in [-0.3, -0.25) is 0 Å². The molecule has 0 heterocycles. The molecule has 15 heavy (non-hydrogen) atoms. The smallest absolute Gasteiger partial charge is 0.191 e. The van der Waals surface area contributed by atoms with Crippen molar-refractivity contribution >= 4 is 10.8 Å². The van der Waals surface area contributed by atoms with Crippen LogP contribution >= 0.6 is 0 Å². The van der Waals surface area contributed by atoms with Crippen LogP contribution in [0, 0.1) is 6.92 Å². The molecule has 0 bridgehead atoms. The second-order valence-corrected chi connectivity index (χ2v) is 4.48. The summed E-state index contributed by atoms with van der Waals surface area (Å²) in [7, 11) is -1.69. The second kappa shape index (κ2) is 5.61. The van der Waals surface area contributed by atoms with Crippen LogP contribution in [0.25, 0.3) is 0 Å². The largest absolute Gasteiger partial charge is 0.247 e. The number of benzene rings is 1. The molecule has 0 aliphatic heterocycles. The number of rotatable bonds is 3. The van der Waals surface area contributed by atoms with Gasteiger partial charge >= 0.3 is 0 Å². The van der Waals surface area contributed by atoms with E-state index in [0.29, 0.717) is 4.90 Å². The molecule has 1 rings (SSSR count). The predicted molar refractivity (Wildman–Crippen MR) is 61.6 cm³/mol. The summed E-state index contributed by atoms with van der Waals surface area (Å²) in [6.45, 7) is 3.71. The molecule has 0 fully saturated rings. The van der Waals surface area contributed by atoms with Crippen LogP contribution < -0.4 is 0 Å². The highest BCUT2D eigenvalue weighted by Crippen LogP contribution is 2.16. The lowest BCUT2D eigenvalue weighted by atomic mass is 10.2. The highest BCUT2D eigenvalue weighted by molar-refractivity contribution is 7.88. The fourth-order valence-corrected chi connectivity index (χ4v) is 1.82. The van der Waals surface area contributed by atoms with Crippen LogP contribution in [0.4, 0.5) is 4.39 Å². The van der Waals surface area contributed by atoms with Crippen LogP contribution in [0.2, 0.25) is 0 Å². The minimum atomic E-state index is -1.69. The molecule has 3 heteroatoms. The monoisotopic (exact) mass is 224 g/mol. The lowest BCUT2D eigenvalue weighted by Gasteiger charge is -1.99. The van der Waals surface area contributed by atoms with Crippen molar-refractivity contribution in [3.05, 3.63) is 53.2 Å². The van der Waals surface area contributed by atoms with Crippen molar-refractivity contribution in [1.82, 2.24) is 0 Å². The van der Waals surface area contributed by atoms with Crippen molar-refractivity contribution in [3.63, 3.8) is 0 Å². The standard InChI is InChI=1S/C12H13FOS/c1-3-4-5-12(13)15(14)11-8-6-10(2)7-9-11/h3-9H,1-2H3/b4-3+,12-5-. The summed E-state index contributed by atoms with van der Waals surface area (Å²) in [5.41, 5.74) is 1.06. The summed E-state index contributed by atoms with van der Waals surface area (Å²) in [5, 5.41) is -0.628. The molecule has 1 aromatic carbocycles. The van der Waals surface area contributed by atoms with Crippen LogP contribution in [0.5, 0.6) is 0 Å². The number of hydrogen-bond donors (Lipinski definition) is 0. The third-order valence-corrected chi connectivity index (χ3v) is 3.02. The molecule has 0 radical (unpaired) electrons. The lowest BCUT2D eigenvalue weighted by Crippen LogP contribution is -1.91. The first-order chi connectivity index (χ1) is 7.15. The second-order valence-electron chi connectivity index (χ2n) is 3.08. The van der Waals surface area contributed by atoms with Crippen LogP contribution in [0.3, 0.4) is 0 Å². The van der Waals surface area contributed by atoms with Gasteiger partial charge in [-0.05, 0) is 32.1 Å². The quantitative estimate of drug-likeness (QED) is 0.718. The molecule has 0 amide bonds. The molecule has 1 aromatic rings. The van der Waals surface area contributed by atoms with E-state index in [4.69, 9.17) is 0 Å². The first kappa shape index (κ1) is 11.9. The molecular formula is C12H13FOS.